The van der Waals surface area contributed by atoms with Crippen LogP contribution in [0.2, 0.25) is 0 Å². The average Bonchev–Trinajstić information content (AvgIpc) is 3.52. The monoisotopic (exact) mass is 602 g/mol. The van der Waals surface area contributed by atoms with E-state index in [4.69, 9.17) is 0 Å². The second kappa shape index (κ2) is 11.9. The molecule has 224 valence electrons. The van der Waals surface area contributed by atoms with Crippen LogP contribution < -0.4 is 16.0 Å². The van der Waals surface area contributed by atoms with Crippen LogP contribution in [-0.2, 0) is 37.0 Å². The lowest BCUT2D eigenvalue weighted by Crippen LogP contribution is -2.35. The smallest absolute Gasteiger partial charge is 0.355 e. The molecule has 3 N–H and O–H groups in total. The summed E-state index contributed by atoms with van der Waals surface area (Å²) in [5, 5.41) is 11.8. The van der Waals surface area contributed by atoms with Gasteiger partial charge in [0.2, 0.25) is 5.91 Å². The first kappa shape index (κ1) is 29.8. The van der Waals surface area contributed by atoms with Crippen LogP contribution in [0.5, 0.6) is 0 Å². The highest BCUT2D eigenvalue weighted by molar-refractivity contribution is 5.95. The normalized spacial score (nSPS) is 13.5. The van der Waals surface area contributed by atoms with Crippen molar-refractivity contribution in [2.45, 2.75) is 38.3 Å². The van der Waals surface area contributed by atoms with E-state index in [1.165, 1.54) is 25.4 Å². The number of halogens is 6. The van der Waals surface area contributed by atoms with Crippen molar-refractivity contribution >= 4 is 11.8 Å². The maximum Gasteiger partial charge on any atom is 0.433 e. The Hall–Kier alpha value is -4.72. The van der Waals surface area contributed by atoms with Gasteiger partial charge >= 0.3 is 6.18 Å². The zero-order valence-corrected chi connectivity index (χ0v) is 22.5. The number of hydrogen-bond donors (Lipinski definition) is 3. The molecule has 0 saturated heterocycles. The number of carbonyl (C=O) groups excluding carboxylic acids is 2. The Bertz CT molecular complexity index is 1680. The van der Waals surface area contributed by atoms with Gasteiger partial charge in [0, 0.05) is 43.5 Å². The molecule has 43 heavy (non-hydrogen) atoms. The third kappa shape index (κ3) is 6.38. The quantitative estimate of drug-likeness (QED) is 0.259. The number of carbonyl (C=O) groups is 2. The van der Waals surface area contributed by atoms with Crippen molar-refractivity contribution in [2.24, 2.45) is 0 Å². The molecule has 0 aliphatic carbocycles. The summed E-state index contributed by atoms with van der Waals surface area (Å²) in [6, 6.07) is 8.56. The Labute approximate surface area is 241 Å². The van der Waals surface area contributed by atoms with E-state index in [1.54, 1.807) is 12.1 Å². The highest BCUT2D eigenvalue weighted by Crippen LogP contribution is 2.35. The van der Waals surface area contributed by atoms with Crippen molar-refractivity contribution < 1.29 is 35.9 Å². The number of hydrogen-bond acceptors (Lipinski definition) is 5. The van der Waals surface area contributed by atoms with Crippen molar-refractivity contribution in [2.75, 3.05) is 7.05 Å². The van der Waals surface area contributed by atoms with Gasteiger partial charge in [-0.3, -0.25) is 19.3 Å². The molecule has 2 aromatic carbocycles. The number of fused-ring (bicyclic) bond motifs is 1. The molecule has 2 aromatic heterocycles. The number of aromatic nitrogens is 3. The van der Waals surface area contributed by atoms with Crippen molar-refractivity contribution in [1.29, 1.82) is 0 Å². The van der Waals surface area contributed by atoms with E-state index in [1.807, 2.05) is 0 Å². The van der Waals surface area contributed by atoms with Crippen molar-refractivity contribution in [3.05, 3.63) is 106 Å². The van der Waals surface area contributed by atoms with Crippen LogP contribution >= 0.6 is 0 Å². The summed E-state index contributed by atoms with van der Waals surface area (Å²) in [4.78, 5) is 29.9. The van der Waals surface area contributed by atoms with E-state index in [2.05, 4.69) is 26.0 Å². The summed E-state index contributed by atoms with van der Waals surface area (Å²) in [6.07, 6.45) is -3.59. The lowest BCUT2D eigenvalue weighted by atomic mass is 9.94. The summed E-state index contributed by atoms with van der Waals surface area (Å²) in [6.45, 7) is -0.726. The van der Waals surface area contributed by atoms with Gasteiger partial charge in [-0.05, 0) is 47.9 Å². The lowest BCUT2D eigenvalue weighted by Gasteiger charge is -2.22. The highest BCUT2D eigenvalue weighted by Gasteiger charge is 2.41. The standard InChI is InChI=1S/C29H24F6N6O2/c1-36-28(43)20-10-16(4-5-22(20)32)19-3-2-6-38-26(19)23(9-15-7-17(30)11-18(31)8-15)39-25(42)14-41-27(29(33,34)35)21-12-37-13-24(21)40-41/h2-8,10-11,23,37H,9,12-14H2,1H3,(H,36,43)(H,39,42)/t23-/m0/s1. The van der Waals surface area contributed by atoms with Gasteiger partial charge in [-0.2, -0.15) is 18.3 Å². The summed E-state index contributed by atoms with van der Waals surface area (Å²) >= 11 is 0. The van der Waals surface area contributed by atoms with Gasteiger partial charge < -0.3 is 16.0 Å². The zero-order valence-electron chi connectivity index (χ0n) is 22.5. The Morgan fingerprint density at radius 1 is 1.05 bits per heavy atom. The van der Waals surface area contributed by atoms with Gasteiger partial charge in [0.1, 0.15) is 29.7 Å². The maximum atomic E-state index is 14.4. The highest BCUT2D eigenvalue weighted by atomic mass is 19.4. The molecule has 0 unspecified atom stereocenters. The Kier molecular flexibility index (Phi) is 8.22. The number of nitrogens with one attached hydrogen (secondary N) is 3. The Morgan fingerprint density at radius 3 is 2.49 bits per heavy atom. The molecule has 0 radical (unpaired) electrons. The molecule has 14 heteroatoms. The molecule has 1 aliphatic heterocycles. The van der Waals surface area contributed by atoms with Gasteiger partial charge in [-0.25, -0.2) is 13.2 Å². The van der Waals surface area contributed by atoms with Crippen molar-refractivity contribution in [1.82, 2.24) is 30.7 Å². The second-order valence-electron chi connectivity index (χ2n) is 9.84. The van der Waals surface area contributed by atoms with Crippen LogP contribution in [0.3, 0.4) is 0 Å². The lowest BCUT2D eigenvalue weighted by molar-refractivity contribution is -0.145. The van der Waals surface area contributed by atoms with E-state index >= 15 is 0 Å². The molecule has 5 rings (SSSR count). The number of pyridine rings is 1. The minimum Gasteiger partial charge on any atom is -0.355 e. The minimum absolute atomic E-state index is 0.0395. The average molecular weight is 603 g/mol. The number of amides is 2. The van der Waals surface area contributed by atoms with Crippen LogP contribution in [0.1, 0.15) is 44.6 Å². The van der Waals surface area contributed by atoms with E-state index < -0.39 is 53.7 Å². The SMILES string of the molecule is CNC(=O)c1cc(-c2cccnc2[C@H](Cc2cc(F)cc(F)c2)NC(=O)Cn2nc3c(c2C(F)(F)F)CNC3)ccc1F. The number of alkyl halides is 3. The second-order valence-corrected chi connectivity index (χ2v) is 9.84. The van der Waals surface area contributed by atoms with E-state index in [-0.39, 0.29) is 47.6 Å². The fourth-order valence-electron chi connectivity index (χ4n) is 5.11. The molecule has 2 amide bonds. The molecular weight excluding hydrogens is 578 g/mol. The summed E-state index contributed by atoms with van der Waals surface area (Å²) < 4.78 is 84.8. The third-order valence-corrected chi connectivity index (χ3v) is 6.90. The van der Waals surface area contributed by atoms with Gasteiger partial charge in [-0.1, -0.05) is 12.1 Å². The molecule has 4 aromatic rings. The Balaban J connectivity index is 1.53. The number of rotatable bonds is 8. The predicted octanol–water partition coefficient (Wildman–Crippen LogP) is 4.44. The van der Waals surface area contributed by atoms with Gasteiger partial charge in [0.25, 0.3) is 5.91 Å². The van der Waals surface area contributed by atoms with Crippen LogP contribution in [0.15, 0.2) is 54.7 Å². The van der Waals surface area contributed by atoms with E-state index in [0.29, 0.717) is 21.9 Å². The molecule has 0 saturated carbocycles. The van der Waals surface area contributed by atoms with Crippen LogP contribution in [0, 0.1) is 17.5 Å². The first-order valence-electron chi connectivity index (χ1n) is 13.0. The summed E-state index contributed by atoms with van der Waals surface area (Å²) in [5.41, 5.74) is -0.188. The molecule has 0 fully saturated rings. The largest absolute Gasteiger partial charge is 0.433 e. The topological polar surface area (TPSA) is 101 Å². The molecule has 0 bridgehead atoms. The van der Waals surface area contributed by atoms with Gasteiger partial charge in [0.05, 0.1) is 23.0 Å². The van der Waals surface area contributed by atoms with Crippen molar-refractivity contribution in [3.8, 4) is 11.1 Å². The molecule has 1 aliphatic rings. The van der Waals surface area contributed by atoms with Crippen LogP contribution in [0.4, 0.5) is 26.3 Å². The molecule has 8 nitrogen and oxygen atoms in total. The minimum atomic E-state index is -4.77. The zero-order chi connectivity index (χ0) is 30.9. The molecule has 1 atom stereocenters. The maximum absolute atomic E-state index is 14.4. The first-order valence-corrected chi connectivity index (χ1v) is 13.0. The van der Waals surface area contributed by atoms with Gasteiger partial charge in [-0.15, -0.1) is 0 Å². The Morgan fingerprint density at radius 2 is 1.79 bits per heavy atom. The molecular formula is C29H24F6N6O2. The number of nitrogens with zero attached hydrogens (tertiary/aromatic N) is 3. The fourth-order valence-corrected chi connectivity index (χ4v) is 5.11. The van der Waals surface area contributed by atoms with E-state index in [9.17, 15) is 35.9 Å². The summed E-state index contributed by atoms with van der Waals surface area (Å²) in [7, 11) is 1.34. The predicted molar refractivity (Wildman–Crippen MR) is 142 cm³/mol. The van der Waals surface area contributed by atoms with Crippen LogP contribution in [0.25, 0.3) is 11.1 Å². The number of benzene rings is 2. The summed E-state index contributed by atoms with van der Waals surface area (Å²) in [5.74, 6) is -4.08. The van der Waals surface area contributed by atoms with E-state index in [0.717, 1.165) is 18.2 Å². The first-order chi connectivity index (χ1) is 20.4. The van der Waals surface area contributed by atoms with Crippen molar-refractivity contribution in [3.63, 3.8) is 0 Å². The molecule has 0 spiro atoms. The van der Waals surface area contributed by atoms with Crippen LogP contribution in [-0.4, -0.2) is 33.6 Å². The third-order valence-electron chi connectivity index (χ3n) is 6.90. The fraction of sp³-hybridized carbons (Fsp3) is 0.241. The molecule has 3 heterocycles. The van der Waals surface area contributed by atoms with Gasteiger partial charge in [0.15, 0.2) is 0 Å².